The molecule has 2 fully saturated rings. The van der Waals surface area contributed by atoms with Crippen molar-refractivity contribution in [3.63, 3.8) is 0 Å². The zero-order valence-corrected chi connectivity index (χ0v) is 13.9. The first-order valence-electron chi connectivity index (χ1n) is 8.38. The highest BCUT2D eigenvalue weighted by Gasteiger charge is 2.52. The number of hydrogen-bond donors (Lipinski definition) is 1. The fraction of sp³-hybridized carbons (Fsp3) is 0.588. The highest BCUT2D eigenvalue weighted by molar-refractivity contribution is 5.99. The number of hydrogen-bond acceptors (Lipinski definition) is 4. The molecule has 130 valence electrons. The Kier molecular flexibility index (Phi) is 4.71. The molecule has 0 saturated carbocycles. The normalized spacial score (nSPS) is 24.0. The Morgan fingerprint density at radius 1 is 1.29 bits per heavy atom. The van der Waals surface area contributed by atoms with Crippen LogP contribution in [0.25, 0.3) is 0 Å². The summed E-state index contributed by atoms with van der Waals surface area (Å²) in [5, 5.41) is 0. The van der Waals surface area contributed by atoms with Gasteiger partial charge in [-0.1, -0.05) is 0 Å². The van der Waals surface area contributed by atoms with E-state index < -0.39 is 11.1 Å². The third kappa shape index (κ3) is 2.73. The van der Waals surface area contributed by atoms with Gasteiger partial charge in [-0.05, 0) is 37.8 Å². The molecule has 0 aliphatic carbocycles. The van der Waals surface area contributed by atoms with Gasteiger partial charge in [0.1, 0.15) is 11.1 Å². The van der Waals surface area contributed by atoms with Gasteiger partial charge in [0.2, 0.25) is 5.91 Å². The SMILES string of the molecule is COCCN1CCCC2(CCCN2C(=O)c2ccc[nH]c2=O)C1=O. The van der Waals surface area contributed by atoms with Crippen molar-refractivity contribution in [2.24, 2.45) is 0 Å². The Hall–Kier alpha value is -2.15. The molecule has 7 nitrogen and oxygen atoms in total. The lowest BCUT2D eigenvalue weighted by atomic mass is 9.85. The Labute approximate surface area is 140 Å². The molecule has 1 unspecified atom stereocenters. The Morgan fingerprint density at radius 2 is 2.04 bits per heavy atom. The quantitative estimate of drug-likeness (QED) is 0.875. The minimum Gasteiger partial charge on any atom is -0.383 e. The Morgan fingerprint density at radius 3 is 2.75 bits per heavy atom. The van der Waals surface area contributed by atoms with E-state index in [2.05, 4.69) is 4.98 Å². The van der Waals surface area contributed by atoms with Crippen LogP contribution in [0.3, 0.4) is 0 Å². The van der Waals surface area contributed by atoms with E-state index in [9.17, 15) is 14.4 Å². The number of nitrogens with one attached hydrogen (secondary N) is 1. The van der Waals surface area contributed by atoms with E-state index in [1.807, 2.05) is 0 Å². The molecule has 0 aromatic carbocycles. The minimum atomic E-state index is -0.800. The summed E-state index contributed by atoms with van der Waals surface area (Å²) in [6.07, 6.45) is 4.44. The standard InChI is InChI=1S/C17H23N3O4/c1-24-12-11-19-9-3-6-17(16(19)23)7-4-10-20(17)15(22)13-5-2-8-18-14(13)21/h2,5,8H,3-4,6-7,9-12H2,1H3,(H,18,21). The van der Waals surface area contributed by atoms with Crippen LogP contribution in [-0.4, -0.2) is 65.5 Å². The maximum atomic E-state index is 13.1. The van der Waals surface area contributed by atoms with E-state index in [0.29, 0.717) is 39.1 Å². The number of piperidine rings is 1. The lowest BCUT2D eigenvalue weighted by Crippen LogP contribution is -2.62. The summed E-state index contributed by atoms with van der Waals surface area (Å²) in [5.74, 6) is -0.361. The number of pyridine rings is 1. The topological polar surface area (TPSA) is 82.7 Å². The second-order valence-electron chi connectivity index (χ2n) is 6.39. The van der Waals surface area contributed by atoms with Gasteiger partial charge in [-0.3, -0.25) is 14.4 Å². The number of ether oxygens (including phenoxy) is 1. The highest BCUT2D eigenvalue weighted by atomic mass is 16.5. The van der Waals surface area contributed by atoms with Crippen molar-refractivity contribution < 1.29 is 14.3 Å². The van der Waals surface area contributed by atoms with Gasteiger partial charge in [-0.15, -0.1) is 0 Å². The Bertz CT molecular complexity index is 686. The molecule has 1 atom stereocenters. The largest absolute Gasteiger partial charge is 0.383 e. The summed E-state index contributed by atoms with van der Waals surface area (Å²) in [6, 6.07) is 3.15. The number of rotatable bonds is 4. The van der Waals surface area contributed by atoms with Gasteiger partial charge in [-0.2, -0.15) is 0 Å². The molecule has 2 saturated heterocycles. The average Bonchev–Trinajstić information content (AvgIpc) is 3.01. The second-order valence-corrected chi connectivity index (χ2v) is 6.39. The van der Waals surface area contributed by atoms with Crippen molar-refractivity contribution in [3.05, 3.63) is 34.2 Å². The molecule has 2 amide bonds. The summed E-state index contributed by atoms with van der Waals surface area (Å²) in [6.45, 7) is 2.22. The number of carbonyl (C=O) groups excluding carboxylic acids is 2. The average molecular weight is 333 g/mol. The predicted octanol–water partition coefficient (Wildman–Crippen LogP) is 0.619. The van der Waals surface area contributed by atoms with E-state index >= 15 is 0 Å². The van der Waals surface area contributed by atoms with Crippen molar-refractivity contribution in [1.82, 2.24) is 14.8 Å². The van der Waals surface area contributed by atoms with E-state index in [0.717, 1.165) is 12.8 Å². The smallest absolute Gasteiger partial charge is 0.260 e. The van der Waals surface area contributed by atoms with Crippen LogP contribution in [0.4, 0.5) is 0 Å². The fourth-order valence-corrected chi connectivity index (χ4v) is 3.87. The van der Waals surface area contributed by atoms with Gasteiger partial charge in [0.15, 0.2) is 0 Å². The number of likely N-dealkylation sites (tertiary alicyclic amines) is 2. The number of aromatic amines is 1. The van der Waals surface area contributed by atoms with Crippen LogP contribution in [0.15, 0.2) is 23.1 Å². The van der Waals surface area contributed by atoms with Gasteiger partial charge in [0, 0.05) is 32.9 Å². The molecule has 1 spiro atoms. The molecule has 1 aromatic rings. The summed E-state index contributed by atoms with van der Waals surface area (Å²) in [7, 11) is 1.61. The zero-order chi connectivity index (χ0) is 17.2. The molecular formula is C17H23N3O4. The summed E-state index contributed by atoms with van der Waals surface area (Å²) in [4.78, 5) is 43.9. The third-order valence-corrected chi connectivity index (χ3v) is 5.05. The number of H-pyrrole nitrogens is 1. The van der Waals surface area contributed by atoms with E-state index in [4.69, 9.17) is 4.74 Å². The van der Waals surface area contributed by atoms with Crippen molar-refractivity contribution in [2.45, 2.75) is 31.2 Å². The molecule has 1 aromatic heterocycles. The van der Waals surface area contributed by atoms with Gasteiger partial charge in [0.05, 0.1) is 6.61 Å². The van der Waals surface area contributed by atoms with Crippen molar-refractivity contribution in [1.29, 1.82) is 0 Å². The Balaban J connectivity index is 1.89. The van der Waals surface area contributed by atoms with Crippen LogP contribution in [0.1, 0.15) is 36.0 Å². The number of carbonyl (C=O) groups is 2. The maximum absolute atomic E-state index is 13.1. The first kappa shape index (κ1) is 16.7. The first-order chi connectivity index (χ1) is 11.6. The van der Waals surface area contributed by atoms with Crippen LogP contribution in [0.5, 0.6) is 0 Å². The van der Waals surface area contributed by atoms with Crippen molar-refractivity contribution in [2.75, 3.05) is 33.4 Å². The van der Waals surface area contributed by atoms with Crippen molar-refractivity contribution in [3.8, 4) is 0 Å². The predicted molar refractivity (Wildman–Crippen MR) is 87.8 cm³/mol. The molecule has 24 heavy (non-hydrogen) atoms. The number of amides is 2. The molecule has 3 rings (SSSR count). The van der Waals surface area contributed by atoms with E-state index in [-0.39, 0.29) is 17.4 Å². The number of nitrogens with zero attached hydrogens (tertiary/aromatic N) is 2. The zero-order valence-electron chi connectivity index (χ0n) is 13.9. The number of aromatic nitrogens is 1. The molecule has 0 bridgehead atoms. The summed E-state index contributed by atoms with van der Waals surface area (Å²) in [5.41, 5.74) is -1.12. The van der Waals surface area contributed by atoms with Crippen LogP contribution in [0, 0.1) is 0 Å². The fourth-order valence-electron chi connectivity index (χ4n) is 3.87. The third-order valence-electron chi connectivity index (χ3n) is 5.05. The van der Waals surface area contributed by atoms with E-state index in [1.54, 1.807) is 23.0 Å². The van der Waals surface area contributed by atoms with Crippen LogP contribution >= 0.6 is 0 Å². The van der Waals surface area contributed by atoms with Crippen molar-refractivity contribution >= 4 is 11.8 Å². The van der Waals surface area contributed by atoms with Gasteiger partial charge in [-0.25, -0.2) is 0 Å². The maximum Gasteiger partial charge on any atom is 0.260 e. The molecule has 7 heteroatoms. The minimum absolute atomic E-state index is 0.0102. The molecular weight excluding hydrogens is 310 g/mol. The van der Waals surface area contributed by atoms with Crippen LogP contribution < -0.4 is 5.56 Å². The van der Waals surface area contributed by atoms with Crippen LogP contribution in [0.2, 0.25) is 0 Å². The van der Waals surface area contributed by atoms with Gasteiger partial charge >= 0.3 is 0 Å². The lowest BCUT2D eigenvalue weighted by Gasteiger charge is -2.44. The van der Waals surface area contributed by atoms with E-state index in [1.165, 1.54) is 12.3 Å². The molecule has 1 N–H and O–H groups in total. The first-order valence-corrected chi connectivity index (χ1v) is 8.38. The van der Waals surface area contributed by atoms with Gasteiger partial charge in [0.25, 0.3) is 11.5 Å². The van der Waals surface area contributed by atoms with Gasteiger partial charge < -0.3 is 19.5 Å². The molecule has 2 aliphatic rings. The van der Waals surface area contributed by atoms with Crippen LogP contribution in [-0.2, 0) is 9.53 Å². The molecule has 3 heterocycles. The monoisotopic (exact) mass is 333 g/mol. The number of methoxy groups -OCH3 is 1. The summed E-state index contributed by atoms with van der Waals surface area (Å²) >= 11 is 0. The lowest BCUT2D eigenvalue weighted by molar-refractivity contribution is -0.146. The highest BCUT2D eigenvalue weighted by Crippen LogP contribution is 2.38. The second kappa shape index (κ2) is 6.76. The molecule has 2 aliphatic heterocycles. The summed E-state index contributed by atoms with van der Waals surface area (Å²) < 4.78 is 5.08. The molecule has 0 radical (unpaired) electrons.